The summed E-state index contributed by atoms with van der Waals surface area (Å²) in [6, 6.07) is 9.72. The van der Waals surface area contributed by atoms with Crippen LogP contribution in [-0.2, 0) is 31.2 Å². The third-order valence-electron chi connectivity index (χ3n) is 5.38. The van der Waals surface area contributed by atoms with E-state index in [1.54, 1.807) is 29.2 Å². The number of hydrogen-bond acceptors (Lipinski definition) is 6. The summed E-state index contributed by atoms with van der Waals surface area (Å²) < 4.78 is 20.8. The van der Waals surface area contributed by atoms with Crippen molar-refractivity contribution in [1.29, 1.82) is 0 Å². The van der Waals surface area contributed by atoms with Gasteiger partial charge in [0, 0.05) is 55.8 Å². The van der Waals surface area contributed by atoms with Crippen molar-refractivity contribution in [2.45, 2.75) is 19.4 Å². The van der Waals surface area contributed by atoms with Crippen LogP contribution in [0.1, 0.15) is 16.8 Å². The second-order valence-electron chi connectivity index (χ2n) is 7.43. The Hall–Kier alpha value is -3.88. The van der Waals surface area contributed by atoms with E-state index in [0.717, 1.165) is 16.8 Å². The Bertz CT molecular complexity index is 1250. The molecule has 4 heterocycles. The highest BCUT2D eigenvalue weighted by Gasteiger charge is 2.29. The SMILES string of the molecule is Cn1nc(-c2nc(-c3cccc(F)c3)no2)c2c1CCN(C(=O)Cc1cccnc1)C2. The third kappa shape index (κ3) is 3.70. The lowest BCUT2D eigenvalue weighted by atomic mass is 10.0. The maximum Gasteiger partial charge on any atom is 0.279 e. The summed E-state index contributed by atoms with van der Waals surface area (Å²) in [5.41, 5.74) is 3.87. The highest BCUT2D eigenvalue weighted by Crippen LogP contribution is 2.30. The zero-order chi connectivity index (χ0) is 21.4. The second kappa shape index (κ2) is 7.75. The topological polar surface area (TPSA) is 89.9 Å². The van der Waals surface area contributed by atoms with E-state index in [4.69, 9.17) is 4.52 Å². The van der Waals surface area contributed by atoms with E-state index < -0.39 is 0 Å². The molecule has 8 nitrogen and oxygen atoms in total. The van der Waals surface area contributed by atoms with Crippen LogP contribution < -0.4 is 0 Å². The first-order valence-corrected chi connectivity index (χ1v) is 9.90. The average Bonchev–Trinajstić information content (AvgIpc) is 3.39. The summed E-state index contributed by atoms with van der Waals surface area (Å²) in [6.45, 7) is 1.03. The van der Waals surface area contributed by atoms with Crippen LogP contribution in [-0.4, -0.2) is 42.3 Å². The van der Waals surface area contributed by atoms with E-state index in [1.807, 2.05) is 24.1 Å². The molecular weight excluding hydrogens is 399 g/mol. The minimum atomic E-state index is -0.373. The van der Waals surface area contributed by atoms with Gasteiger partial charge in [-0.05, 0) is 23.8 Å². The fourth-order valence-corrected chi connectivity index (χ4v) is 3.83. The van der Waals surface area contributed by atoms with E-state index in [2.05, 4.69) is 20.2 Å². The van der Waals surface area contributed by atoms with Gasteiger partial charge in [0.2, 0.25) is 11.7 Å². The number of rotatable bonds is 4. The van der Waals surface area contributed by atoms with E-state index in [9.17, 15) is 9.18 Å². The molecule has 156 valence electrons. The van der Waals surface area contributed by atoms with Crippen LogP contribution in [0, 0.1) is 5.82 Å². The summed E-state index contributed by atoms with van der Waals surface area (Å²) in [7, 11) is 1.86. The fourth-order valence-electron chi connectivity index (χ4n) is 3.83. The Balaban J connectivity index is 1.42. The van der Waals surface area contributed by atoms with Crippen molar-refractivity contribution >= 4 is 5.91 Å². The molecule has 0 radical (unpaired) electrons. The van der Waals surface area contributed by atoms with Crippen LogP contribution in [0.3, 0.4) is 0 Å². The normalized spacial score (nSPS) is 13.3. The first-order valence-electron chi connectivity index (χ1n) is 9.90. The molecule has 0 atom stereocenters. The number of carbonyl (C=O) groups excluding carboxylic acids is 1. The van der Waals surface area contributed by atoms with Crippen molar-refractivity contribution in [1.82, 2.24) is 29.8 Å². The molecule has 0 bridgehead atoms. The lowest BCUT2D eigenvalue weighted by Crippen LogP contribution is -2.37. The molecule has 0 aliphatic carbocycles. The summed E-state index contributed by atoms with van der Waals surface area (Å²) in [6.07, 6.45) is 4.37. The van der Waals surface area contributed by atoms with E-state index in [1.165, 1.54) is 12.1 Å². The molecule has 1 aliphatic heterocycles. The molecule has 0 spiro atoms. The van der Waals surface area contributed by atoms with Gasteiger partial charge < -0.3 is 9.42 Å². The summed E-state index contributed by atoms with van der Waals surface area (Å²) in [4.78, 5) is 23.1. The van der Waals surface area contributed by atoms with Crippen molar-refractivity contribution in [2.75, 3.05) is 6.54 Å². The highest BCUT2D eigenvalue weighted by molar-refractivity contribution is 5.79. The molecular formula is C22H19FN6O2. The van der Waals surface area contributed by atoms with Gasteiger partial charge in [-0.2, -0.15) is 10.1 Å². The molecule has 1 aliphatic rings. The average molecular weight is 418 g/mol. The fraction of sp³-hybridized carbons (Fsp3) is 0.227. The number of pyridine rings is 1. The number of aromatic nitrogens is 5. The number of nitrogens with zero attached hydrogens (tertiary/aromatic N) is 6. The Morgan fingerprint density at radius 3 is 2.97 bits per heavy atom. The van der Waals surface area contributed by atoms with Crippen LogP contribution in [0.15, 0.2) is 53.3 Å². The van der Waals surface area contributed by atoms with Gasteiger partial charge in [-0.15, -0.1) is 0 Å². The largest absolute Gasteiger partial charge is 0.338 e. The molecule has 0 N–H and O–H groups in total. The Kier molecular flexibility index (Phi) is 4.78. The monoisotopic (exact) mass is 418 g/mol. The van der Waals surface area contributed by atoms with E-state index >= 15 is 0 Å². The number of fused-ring (bicyclic) bond motifs is 1. The summed E-state index contributed by atoms with van der Waals surface area (Å²) >= 11 is 0. The minimum Gasteiger partial charge on any atom is -0.338 e. The number of aryl methyl sites for hydroxylation is 1. The van der Waals surface area contributed by atoms with Crippen LogP contribution >= 0.6 is 0 Å². The van der Waals surface area contributed by atoms with Crippen molar-refractivity contribution in [2.24, 2.45) is 7.05 Å². The molecule has 0 unspecified atom stereocenters. The maximum atomic E-state index is 13.5. The van der Waals surface area contributed by atoms with Gasteiger partial charge in [-0.25, -0.2) is 4.39 Å². The van der Waals surface area contributed by atoms with Gasteiger partial charge in [0.1, 0.15) is 5.82 Å². The molecule has 1 amide bonds. The number of amides is 1. The molecule has 31 heavy (non-hydrogen) atoms. The number of benzene rings is 1. The quantitative estimate of drug-likeness (QED) is 0.506. The molecule has 1 aromatic carbocycles. The summed E-state index contributed by atoms with van der Waals surface area (Å²) in [5, 5.41) is 8.55. The van der Waals surface area contributed by atoms with E-state index in [0.29, 0.717) is 37.2 Å². The van der Waals surface area contributed by atoms with Crippen molar-refractivity contribution in [3.63, 3.8) is 0 Å². The Morgan fingerprint density at radius 2 is 2.16 bits per heavy atom. The predicted molar refractivity (Wildman–Crippen MR) is 109 cm³/mol. The van der Waals surface area contributed by atoms with Gasteiger partial charge in [0.25, 0.3) is 5.89 Å². The highest BCUT2D eigenvalue weighted by atomic mass is 19.1. The Labute approximate surface area is 177 Å². The van der Waals surface area contributed by atoms with Crippen molar-refractivity contribution in [3.8, 4) is 23.0 Å². The van der Waals surface area contributed by atoms with Crippen LogP contribution in [0.4, 0.5) is 4.39 Å². The zero-order valence-corrected chi connectivity index (χ0v) is 16.8. The lowest BCUT2D eigenvalue weighted by Gasteiger charge is -2.27. The molecule has 0 fully saturated rings. The lowest BCUT2D eigenvalue weighted by molar-refractivity contribution is -0.131. The van der Waals surface area contributed by atoms with Gasteiger partial charge >= 0.3 is 0 Å². The second-order valence-corrected chi connectivity index (χ2v) is 7.43. The van der Waals surface area contributed by atoms with Crippen molar-refractivity contribution in [3.05, 3.63) is 71.4 Å². The van der Waals surface area contributed by atoms with Crippen LogP contribution in [0.2, 0.25) is 0 Å². The van der Waals surface area contributed by atoms with Gasteiger partial charge in [0.05, 0.1) is 6.42 Å². The number of carbonyl (C=O) groups is 1. The molecule has 0 saturated carbocycles. The standard InChI is InChI=1S/C22H19FN6O2/c1-28-18-7-9-29(19(30)10-14-4-3-8-24-12-14)13-17(18)20(26-28)22-25-21(27-31-22)15-5-2-6-16(23)11-15/h2-6,8,11-12H,7,9-10,13H2,1H3. The van der Waals surface area contributed by atoms with Crippen LogP contribution in [0.25, 0.3) is 23.0 Å². The van der Waals surface area contributed by atoms with Crippen LogP contribution in [0.5, 0.6) is 0 Å². The Morgan fingerprint density at radius 1 is 1.26 bits per heavy atom. The van der Waals surface area contributed by atoms with Gasteiger partial charge in [-0.1, -0.05) is 23.4 Å². The maximum absolute atomic E-state index is 13.5. The number of halogens is 1. The first kappa shape index (κ1) is 19.1. The summed E-state index contributed by atoms with van der Waals surface area (Å²) in [5.74, 6) is 0.188. The van der Waals surface area contributed by atoms with E-state index in [-0.39, 0.29) is 23.4 Å². The minimum absolute atomic E-state index is 0.0273. The van der Waals surface area contributed by atoms with Gasteiger partial charge in [0.15, 0.2) is 5.69 Å². The van der Waals surface area contributed by atoms with Gasteiger partial charge in [-0.3, -0.25) is 14.5 Å². The first-order chi connectivity index (χ1) is 15.1. The molecule has 0 saturated heterocycles. The van der Waals surface area contributed by atoms with Crippen molar-refractivity contribution < 1.29 is 13.7 Å². The number of hydrogen-bond donors (Lipinski definition) is 0. The molecule has 5 rings (SSSR count). The third-order valence-corrected chi connectivity index (χ3v) is 5.38. The molecule has 9 heteroatoms. The predicted octanol–water partition coefficient (Wildman–Crippen LogP) is 2.80. The molecule has 4 aromatic rings. The smallest absolute Gasteiger partial charge is 0.279 e. The molecule has 3 aromatic heterocycles. The zero-order valence-electron chi connectivity index (χ0n) is 16.8.